The highest BCUT2D eigenvalue weighted by Crippen LogP contribution is 2.14. The van der Waals surface area contributed by atoms with Crippen LogP contribution < -0.4 is 4.74 Å². The monoisotopic (exact) mass is 402 g/mol. The minimum absolute atomic E-state index is 0.169. The van der Waals surface area contributed by atoms with Gasteiger partial charge in [0.15, 0.2) is 9.84 Å². The molecule has 3 aromatic rings. The molecular formula is C20H22N2O5S. The van der Waals surface area contributed by atoms with E-state index in [2.05, 4.69) is 4.98 Å². The Kier molecular flexibility index (Phi) is 7.91. The van der Waals surface area contributed by atoms with Gasteiger partial charge < -0.3 is 4.74 Å². The number of rotatable bonds is 7. The maximum atomic E-state index is 11.9. The van der Waals surface area contributed by atoms with E-state index in [1.54, 1.807) is 13.2 Å². The lowest BCUT2D eigenvalue weighted by Gasteiger charge is -2.09. The summed E-state index contributed by atoms with van der Waals surface area (Å²) >= 11 is 0. The van der Waals surface area contributed by atoms with E-state index in [9.17, 15) is 13.2 Å². The third-order valence-electron chi connectivity index (χ3n) is 3.77. The highest BCUT2D eigenvalue weighted by Gasteiger charge is 2.14. The summed E-state index contributed by atoms with van der Waals surface area (Å²) in [7, 11) is -1.75. The standard InChI is InChI=1S/C13H14N2O4S.C7H8O/c16-10-15(17)5-6-20(18,19)9-11-7-12-3-1-2-4-13(12)14-8-11;1-8-7-5-3-2-4-6-7/h1-4,7-8,10,17H,5-6,9H2;2-6H,1H3. The molecule has 1 heterocycles. The van der Waals surface area contributed by atoms with Gasteiger partial charge in [0.05, 0.1) is 30.7 Å². The topological polar surface area (TPSA) is 96.8 Å². The number of para-hydroxylation sites is 2. The van der Waals surface area contributed by atoms with Crippen molar-refractivity contribution in [2.24, 2.45) is 0 Å². The van der Waals surface area contributed by atoms with Crippen LogP contribution in [0.15, 0.2) is 66.9 Å². The maximum Gasteiger partial charge on any atom is 0.233 e. The van der Waals surface area contributed by atoms with Gasteiger partial charge in [0.25, 0.3) is 0 Å². The highest BCUT2D eigenvalue weighted by atomic mass is 32.2. The molecule has 0 spiro atoms. The Morgan fingerprint density at radius 3 is 2.43 bits per heavy atom. The Morgan fingerprint density at radius 1 is 1.11 bits per heavy atom. The molecular weight excluding hydrogens is 380 g/mol. The van der Waals surface area contributed by atoms with E-state index < -0.39 is 9.84 Å². The van der Waals surface area contributed by atoms with Crippen LogP contribution in [0.3, 0.4) is 0 Å². The number of ether oxygens (including phenoxy) is 1. The molecule has 0 radical (unpaired) electrons. The van der Waals surface area contributed by atoms with E-state index >= 15 is 0 Å². The zero-order valence-corrected chi connectivity index (χ0v) is 16.2. The minimum atomic E-state index is -3.41. The molecule has 1 aromatic heterocycles. The number of methoxy groups -OCH3 is 1. The first-order valence-corrected chi connectivity index (χ1v) is 10.3. The number of hydroxylamine groups is 2. The van der Waals surface area contributed by atoms with Crippen molar-refractivity contribution in [2.75, 3.05) is 19.4 Å². The number of aromatic nitrogens is 1. The first kappa shape index (κ1) is 21.3. The smallest absolute Gasteiger partial charge is 0.233 e. The SMILES string of the molecule is COc1ccccc1.O=CN(O)CCS(=O)(=O)Cc1cnc2ccccc2c1. The number of fused-ring (bicyclic) bond motifs is 1. The average molecular weight is 402 g/mol. The van der Waals surface area contributed by atoms with Crippen LogP contribution in [0.2, 0.25) is 0 Å². The van der Waals surface area contributed by atoms with Crippen LogP contribution in [0, 0.1) is 0 Å². The quantitative estimate of drug-likeness (QED) is 0.371. The van der Waals surface area contributed by atoms with Gasteiger partial charge in [-0.2, -0.15) is 0 Å². The summed E-state index contributed by atoms with van der Waals surface area (Å²) in [6.45, 7) is -0.243. The van der Waals surface area contributed by atoms with Gasteiger partial charge in [0.2, 0.25) is 6.41 Å². The van der Waals surface area contributed by atoms with E-state index in [4.69, 9.17) is 9.94 Å². The second kappa shape index (κ2) is 10.4. The van der Waals surface area contributed by atoms with Crippen LogP contribution >= 0.6 is 0 Å². The van der Waals surface area contributed by atoms with E-state index in [-0.39, 0.29) is 24.5 Å². The molecule has 1 N–H and O–H groups in total. The predicted molar refractivity (Wildman–Crippen MR) is 107 cm³/mol. The summed E-state index contributed by atoms with van der Waals surface area (Å²) in [5.41, 5.74) is 1.38. The Balaban J connectivity index is 0.000000292. The van der Waals surface area contributed by atoms with Gasteiger partial charge in [-0.25, -0.2) is 13.5 Å². The largest absolute Gasteiger partial charge is 0.497 e. The molecule has 8 heteroatoms. The van der Waals surface area contributed by atoms with Gasteiger partial charge in [-0.1, -0.05) is 36.4 Å². The van der Waals surface area contributed by atoms with Crippen LogP contribution in [0.5, 0.6) is 5.75 Å². The number of hydrogen-bond acceptors (Lipinski definition) is 6. The molecule has 0 saturated carbocycles. The Labute approximate surface area is 164 Å². The molecule has 28 heavy (non-hydrogen) atoms. The van der Waals surface area contributed by atoms with Crippen LogP contribution in [0.25, 0.3) is 10.9 Å². The number of amides is 1. The molecule has 0 bridgehead atoms. The predicted octanol–water partition coefficient (Wildman–Crippen LogP) is 2.69. The van der Waals surface area contributed by atoms with Crippen molar-refractivity contribution < 1.29 is 23.2 Å². The van der Waals surface area contributed by atoms with Gasteiger partial charge in [-0.15, -0.1) is 0 Å². The van der Waals surface area contributed by atoms with E-state index in [1.807, 2.05) is 54.6 Å². The maximum absolute atomic E-state index is 11.9. The Bertz CT molecular complexity index is 994. The van der Waals surface area contributed by atoms with Crippen molar-refractivity contribution in [1.82, 2.24) is 10.0 Å². The number of carbonyl (C=O) groups is 1. The van der Waals surface area contributed by atoms with Gasteiger partial charge in [0.1, 0.15) is 5.75 Å². The van der Waals surface area contributed by atoms with Crippen LogP contribution in [0.4, 0.5) is 0 Å². The fraction of sp³-hybridized carbons (Fsp3) is 0.200. The van der Waals surface area contributed by atoms with E-state index in [0.717, 1.165) is 16.7 Å². The minimum Gasteiger partial charge on any atom is -0.497 e. The van der Waals surface area contributed by atoms with Crippen molar-refractivity contribution >= 4 is 27.2 Å². The number of benzene rings is 2. The summed E-state index contributed by atoms with van der Waals surface area (Å²) in [6.07, 6.45) is 1.70. The summed E-state index contributed by atoms with van der Waals surface area (Å²) in [5.74, 6) is 0.444. The zero-order valence-electron chi connectivity index (χ0n) is 15.4. The number of pyridine rings is 1. The number of hydrogen-bond donors (Lipinski definition) is 1. The first-order valence-electron chi connectivity index (χ1n) is 8.47. The number of carbonyl (C=O) groups excluding carboxylic acids is 1. The van der Waals surface area contributed by atoms with Crippen LogP contribution in [0.1, 0.15) is 5.56 Å². The third kappa shape index (κ3) is 6.98. The molecule has 0 fully saturated rings. The summed E-state index contributed by atoms with van der Waals surface area (Å²) in [4.78, 5) is 14.4. The van der Waals surface area contributed by atoms with E-state index in [1.165, 1.54) is 6.20 Å². The molecule has 2 aromatic carbocycles. The van der Waals surface area contributed by atoms with Gasteiger partial charge >= 0.3 is 0 Å². The molecule has 0 aliphatic rings. The second-order valence-corrected chi connectivity index (χ2v) is 8.10. The Hall–Kier alpha value is -2.97. The lowest BCUT2D eigenvalue weighted by atomic mass is 10.2. The van der Waals surface area contributed by atoms with Gasteiger partial charge in [0, 0.05) is 11.6 Å². The van der Waals surface area contributed by atoms with E-state index in [0.29, 0.717) is 10.6 Å². The fourth-order valence-electron chi connectivity index (χ4n) is 2.36. The highest BCUT2D eigenvalue weighted by molar-refractivity contribution is 7.90. The summed E-state index contributed by atoms with van der Waals surface area (Å²) in [6, 6.07) is 18.9. The molecule has 0 atom stereocenters. The molecule has 0 saturated heterocycles. The molecule has 0 aliphatic heterocycles. The first-order chi connectivity index (χ1) is 13.4. The lowest BCUT2D eigenvalue weighted by molar-refractivity contribution is -0.148. The molecule has 148 valence electrons. The number of sulfone groups is 1. The number of nitrogens with zero attached hydrogens (tertiary/aromatic N) is 2. The van der Waals surface area contributed by atoms with Crippen molar-refractivity contribution in [1.29, 1.82) is 0 Å². The molecule has 3 rings (SSSR count). The van der Waals surface area contributed by atoms with Crippen molar-refractivity contribution in [2.45, 2.75) is 5.75 Å². The fourth-order valence-corrected chi connectivity index (χ4v) is 3.64. The average Bonchev–Trinajstić information content (AvgIpc) is 2.72. The van der Waals surface area contributed by atoms with Crippen LogP contribution in [-0.4, -0.2) is 49.5 Å². The van der Waals surface area contributed by atoms with Crippen LogP contribution in [-0.2, 0) is 20.4 Å². The zero-order chi connectivity index (χ0) is 20.4. The second-order valence-electron chi connectivity index (χ2n) is 5.91. The van der Waals surface area contributed by atoms with Gasteiger partial charge in [-0.3, -0.25) is 15.0 Å². The summed E-state index contributed by atoms with van der Waals surface area (Å²) in [5, 5.41) is 10.1. The van der Waals surface area contributed by atoms with Crippen molar-refractivity contribution in [3.8, 4) is 5.75 Å². The lowest BCUT2D eigenvalue weighted by Crippen LogP contribution is -2.25. The molecule has 0 aliphatic carbocycles. The summed E-state index contributed by atoms with van der Waals surface area (Å²) < 4.78 is 28.7. The van der Waals surface area contributed by atoms with Gasteiger partial charge in [-0.05, 0) is 29.8 Å². The third-order valence-corrected chi connectivity index (χ3v) is 5.34. The normalized spacial score (nSPS) is 10.6. The van der Waals surface area contributed by atoms with Crippen molar-refractivity contribution in [3.63, 3.8) is 0 Å². The molecule has 7 nitrogen and oxygen atoms in total. The van der Waals surface area contributed by atoms with Crippen molar-refractivity contribution in [3.05, 3.63) is 72.4 Å². The Morgan fingerprint density at radius 2 is 1.79 bits per heavy atom. The molecule has 0 unspecified atom stereocenters. The molecule has 1 amide bonds.